The predicted octanol–water partition coefficient (Wildman–Crippen LogP) is 13.4. The number of sulfone groups is 1. The van der Waals surface area contributed by atoms with Gasteiger partial charge in [0, 0.05) is 66.3 Å². The fourth-order valence-electron chi connectivity index (χ4n) is 12.4. The summed E-state index contributed by atoms with van der Waals surface area (Å²) in [5, 5.41) is 9.83. The SMILES string of the molecule is CCCS(=O)(=O)Cc1cccc(Oc2ccc3c(c2)C2=NCC(CN(C)C)N2C=N3)c1Cl.CCCS(=O)(=O)Cl.CN(C)CC1CN=C2c3cc(I)ccc3N=CN21.CN(C)CC1CN=C2c3cc(Oc4cccc(N)c4Cl)ccc3N=CN21.NCC1CN=C2c3cc(I)ccc3N=CN21.Nc1cccc(O)c1Cl. The molecule has 0 bridgehead atoms. The standard InChI is InChI=1S/C23H27ClN4O3S.C19H20ClN5O.C13H15IN4.C11H11IN4.C6H6ClNO.C3H7ClO2S/c1-4-10-32(29,30)14-16-6-5-7-21(22(16)24)31-18-8-9-20-19(11-18)23-25-12-17(13-27(2)3)28(23)15-26-20;1-24(2)10-12-9-22-19-14-8-13(6-7-16(14)23-11-25(12)19)26-17-5-3-4-15(21)18(17)20;1-17(2)7-10-6-15-13-11-5-9(14)3-4-12(11)16-8-18(10)13;12-7-1-2-10-9(3-7)11-14-5-8(4-13)16(11)6-15-10;7-6-4(8)2-1-3-5(6)9;1-2-3-7(4,5)6/h5-9,11,15,17H,4,10,12-14H2,1-3H3;3-8,11-12H,9-10,21H2,1-2H3;3-5,8,10H,6-7H2,1-2H3;1-3,6,8H,4-5,13H2;1-3,9H,8H2;2-3H2,1H3. The van der Waals surface area contributed by atoms with Gasteiger partial charge in [0.15, 0.2) is 9.84 Å². The molecule has 0 fully saturated rings. The molecule has 0 saturated heterocycles. The van der Waals surface area contributed by atoms with Crippen molar-refractivity contribution in [2.75, 3.05) is 118 Å². The van der Waals surface area contributed by atoms with Gasteiger partial charge in [0.05, 0.1) is 132 Å². The molecule has 8 aliphatic rings. The topological polar surface area (TPSA) is 307 Å². The second kappa shape index (κ2) is 37.4. The lowest BCUT2D eigenvalue weighted by Gasteiger charge is -2.28. The number of phenolic OH excluding ortho intramolecular Hbond substituents is 1. The fourth-order valence-corrected chi connectivity index (χ4v) is 16.4. The van der Waals surface area contributed by atoms with E-state index < -0.39 is 18.9 Å². The molecule has 4 unspecified atom stereocenters. The molecule has 0 amide bonds. The molecular weight excluding hydrogens is 1720 g/mol. The number of aromatic hydroxyl groups is 1. The van der Waals surface area contributed by atoms with Gasteiger partial charge in [-0.25, -0.2) is 36.8 Å². The summed E-state index contributed by atoms with van der Waals surface area (Å²) in [7, 11) is 10.8. The van der Waals surface area contributed by atoms with Gasteiger partial charge in [0.2, 0.25) is 9.05 Å². The number of amidine groups is 4. The molecule has 8 aliphatic heterocycles. The maximum absolute atomic E-state index is 12.2. The first-order valence-electron chi connectivity index (χ1n) is 34.6. The van der Waals surface area contributed by atoms with Crippen LogP contribution in [-0.4, -0.2) is 235 Å². The van der Waals surface area contributed by atoms with Crippen LogP contribution in [-0.2, 0) is 24.6 Å². The molecule has 15 rings (SSSR count). The number of ether oxygens (including phenoxy) is 2. The predicted molar refractivity (Wildman–Crippen MR) is 459 cm³/mol. The molecule has 33 heteroatoms. The average Bonchev–Trinajstić information content (AvgIpc) is 1.60. The van der Waals surface area contributed by atoms with Crippen LogP contribution in [0.2, 0.25) is 15.1 Å². The van der Waals surface area contributed by atoms with Crippen LogP contribution in [0, 0.1) is 7.14 Å². The van der Waals surface area contributed by atoms with Gasteiger partial charge < -0.3 is 66.1 Å². The van der Waals surface area contributed by atoms with E-state index in [0.29, 0.717) is 88.0 Å². The summed E-state index contributed by atoms with van der Waals surface area (Å²) < 4.78 is 58.9. The number of benzene rings is 7. The molecule has 25 nitrogen and oxygen atoms in total. The number of nitrogens with two attached hydrogens (primary N) is 3. The molecule has 7 aromatic rings. The van der Waals surface area contributed by atoms with Gasteiger partial charge in [-0.3, -0.25) is 20.0 Å². The molecule has 0 radical (unpaired) electrons. The Morgan fingerprint density at radius 3 is 1.22 bits per heavy atom. The van der Waals surface area contributed by atoms with E-state index in [2.05, 4.69) is 163 Å². The van der Waals surface area contributed by atoms with Crippen molar-refractivity contribution >= 4 is 192 Å². The van der Waals surface area contributed by atoms with Crippen LogP contribution in [0.1, 0.15) is 54.5 Å². The van der Waals surface area contributed by atoms with E-state index in [1.807, 2.05) is 94.9 Å². The second-order valence-corrected chi connectivity index (χ2v) is 35.4. The average molecular weight is 1810 g/mol. The van der Waals surface area contributed by atoms with Crippen LogP contribution in [0.5, 0.6) is 28.7 Å². The van der Waals surface area contributed by atoms with E-state index in [9.17, 15) is 16.8 Å². The van der Waals surface area contributed by atoms with E-state index in [-0.39, 0.29) is 40.1 Å². The van der Waals surface area contributed by atoms with Crippen molar-refractivity contribution in [1.82, 2.24) is 34.3 Å². The first-order chi connectivity index (χ1) is 51.5. The number of nitrogens with zero attached hydrogens (tertiary/aromatic N) is 15. The van der Waals surface area contributed by atoms with Gasteiger partial charge in [-0.2, -0.15) is 0 Å². The van der Waals surface area contributed by atoms with Crippen LogP contribution < -0.4 is 26.7 Å². The second-order valence-electron chi connectivity index (χ2n) is 26.7. The quantitative estimate of drug-likeness (QED) is 0.0374. The number of hydrogen-bond donors (Lipinski definition) is 4. The number of aliphatic imine (C=N–C) groups is 8. The molecule has 7 N–H and O–H groups in total. The van der Waals surface area contributed by atoms with E-state index in [1.54, 1.807) is 49.4 Å². The monoisotopic (exact) mass is 1810 g/mol. The van der Waals surface area contributed by atoms with E-state index >= 15 is 0 Å². The normalized spacial score (nSPS) is 17.7. The van der Waals surface area contributed by atoms with Crippen LogP contribution in [0.25, 0.3) is 0 Å². The molecule has 8 heterocycles. The smallest absolute Gasteiger partial charge is 0.232 e. The van der Waals surface area contributed by atoms with Crippen LogP contribution in [0.15, 0.2) is 167 Å². The van der Waals surface area contributed by atoms with Gasteiger partial charge in [-0.15, -0.1) is 0 Å². The number of hydrogen-bond acceptors (Lipinski definition) is 25. The highest BCUT2D eigenvalue weighted by Gasteiger charge is 2.36. The molecule has 4 atom stereocenters. The highest BCUT2D eigenvalue weighted by molar-refractivity contribution is 14.1. The Morgan fingerprint density at radius 2 is 0.852 bits per heavy atom. The Bertz CT molecular complexity index is 4910. The minimum Gasteiger partial charge on any atom is -0.506 e. The zero-order valence-electron chi connectivity index (χ0n) is 60.9. The van der Waals surface area contributed by atoms with E-state index in [1.165, 1.54) is 13.2 Å². The first-order valence-corrected chi connectivity index (χ1v) is 42.1. The van der Waals surface area contributed by atoms with Gasteiger partial charge in [0.25, 0.3) is 0 Å². The lowest BCUT2D eigenvalue weighted by molar-refractivity contribution is 0.323. The van der Waals surface area contributed by atoms with Crippen LogP contribution in [0.4, 0.5) is 34.1 Å². The lowest BCUT2D eigenvalue weighted by atomic mass is 10.1. The highest BCUT2D eigenvalue weighted by atomic mass is 127. The van der Waals surface area contributed by atoms with Gasteiger partial charge in [-0.05, 0) is 209 Å². The molecule has 572 valence electrons. The number of phenols is 1. The largest absolute Gasteiger partial charge is 0.506 e. The summed E-state index contributed by atoms with van der Waals surface area (Å²) in [4.78, 5) is 51.9. The first kappa shape index (κ1) is 82.9. The van der Waals surface area contributed by atoms with E-state index in [4.69, 9.17) is 92.2 Å². The number of nitrogen functional groups attached to an aromatic ring is 2. The molecule has 108 heavy (non-hydrogen) atoms. The molecule has 0 aliphatic carbocycles. The van der Waals surface area contributed by atoms with Gasteiger partial charge >= 0.3 is 0 Å². The summed E-state index contributed by atoms with van der Waals surface area (Å²) in [5.74, 6) is 6.26. The summed E-state index contributed by atoms with van der Waals surface area (Å²) >= 11 is 22.9. The number of anilines is 2. The van der Waals surface area contributed by atoms with Crippen molar-refractivity contribution in [3.8, 4) is 28.7 Å². The summed E-state index contributed by atoms with van der Waals surface area (Å²) in [6, 6.07) is 40.4. The Balaban J connectivity index is 0.000000147. The van der Waals surface area contributed by atoms with Crippen molar-refractivity contribution in [2.24, 2.45) is 45.7 Å². The number of rotatable bonds is 17. The van der Waals surface area contributed by atoms with E-state index in [0.717, 1.165) is 108 Å². The van der Waals surface area contributed by atoms with Crippen molar-refractivity contribution in [3.05, 3.63) is 177 Å². The summed E-state index contributed by atoms with van der Waals surface area (Å²) in [6.45, 7) is 10.1. The third-order valence-corrected chi connectivity index (χ3v) is 23.0. The minimum absolute atomic E-state index is 0.0247. The number of halogens is 6. The Kier molecular flexibility index (Phi) is 28.8. The third kappa shape index (κ3) is 21.3. The Morgan fingerprint density at radius 1 is 0.491 bits per heavy atom. The molecule has 0 aromatic heterocycles. The van der Waals surface area contributed by atoms with Crippen LogP contribution in [0.3, 0.4) is 0 Å². The Labute approximate surface area is 678 Å². The van der Waals surface area contributed by atoms with Crippen molar-refractivity contribution in [2.45, 2.75) is 56.6 Å². The molecule has 0 spiro atoms. The molecule has 0 saturated carbocycles. The zero-order valence-corrected chi connectivity index (χ0v) is 69.8. The summed E-state index contributed by atoms with van der Waals surface area (Å²) in [6.07, 6.45) is 8.65. The maximum atomic E-state index is 12.2. The fraction of sp³-hybridized carbons (Fsp3) is 0.333. The minimum atomic E-state index is -3.21. The highest BCUT2D eigenvalue weighted by Crippen LogP contribution is 2.40. The number of fused-ring (bicyclic) bond motifs is 12. The maximum Gasteiger partial charge on any atom is 0.232 e. The number of likely N-dealkylation sites (N-methyl/N-ethyl adjacent to an activating group) is 3. The van der Waals surface area contributed by atoms with Crippen molar-refractivity contribution in [3.63, 3.8) is 0 Å². The van der Waals surface area contributed by atoms with Crippen LogP contribution >= 0.6 is 90.7 Å². The lowest BCUT2D eigenvalue weighted by Crippen LogP contribution is -2.43. The van der Waals surface area contributed by atoms with Crippen molar-refractivity contribution < 1.29 is 31.4 Å². The van der Waals surface area contributed by atoms with Gasteiger partial charge in [-0.1, -0.05) is 72.9 Å². The zero-order chi connectivity index (χ0) is 77.7. The summed E-state index contributed by atoms with van der Waals surface area (Å²) in [5.41, 5.74) is 26.2. The molecular formula is C75H86Cl4I2N18O7S2. The van der Waals surface area contributed by atoms with Gasteiger partial charge in [0.1, 0.15) is 62.1 Å². The molecule has 7 aromatic carbocycles. The van der Waals surface area contributed by atoms with Crippen molar-refractivity contribution in [1.29, 1.82) is 0 Å². The Hall–Kier alpha value is -7.54. The third-order valence-electron chi connectivity index (χ3n) is 17.3.